The largest absolute Gasteiger partial charge is 0.336 e. The first-order chi connectivity index (χ1) is 10.8. The number of carbonyl (C=O) groups is 1. The van der Waals surface area contributed by atoms with E-state index in [-0.39, 0.29) is 6.03 Å². The van der Waals surface area contributed by atoms with Gasteiger partial charge in [0.25, 0.3) is 0 Å². The van der Waals surface area contributed by atoms with E-state index in [1.165, 1.54) is 5.52 Å². The number of benzene rings is 1. The van der Waals surface area contributed by atoms with Crippen LogP contribution < -0.4 is 5.32 Å². The third-order valence-corrected chi connectivity index (χ3v) is 4.68. The lowest BCUT2D eigenvalue weighted by Gasteiger charge is -2.43. The number of aromatic nitrogens is 2. The number of hydrogen-bond acceptors (Lipinski definition) is 3. The molecule has 1 aromatic heterocycles. The van der Waals surface area contributed by atoms with Crippen molar-refractivity contribution in [3.8, 4) is 0 Å². The Morgan fingerprint density at radius 1 is 1.32 bits per heavy atom. The van der Waals surface area contributed by atoms with E-state index in [1.54, 1.807) is 0 Å². The summed E-state index contributed by atoms with van der Waals surface area (Å²) in [6, 6.07) is 8.74. The molecule has 4 rings (SSSR count). The van der Waals surface area contributed by atoms with Crippen LogP contribution in [0.25, 0.3) is 11.0 Å². The number of likely N-dealkylation sites (tertiary alicyclic amines) is 1. The van der Waals surface area contributed by atoms with Gasteiger partial charge in [-0.15, -0.1) is 0 Å². The number of urea groups is 1. The Morgan fingerprint density at radius 2 is 2.14 bits per heavy atom. The molecule has 6 heteroatoms. The molecule has 0 radical (unpaired) electrons. The average Bonchev–Trinajstić information content (AvgIpc) is 3.05. The summed E-state index contributed by atoms with van der Waals surface area (Å²) in [5, 5.41) is 2.87. The minimum Gasteiger partial charge on any atom is -0.336 e. The highest BCUT2D eigenvalue weighted by molar-refractivity contribution is 5.77. The summed E-state index contributed by atoms with van der Waals surface area (Å²) in [5.41, 5.74) is 2.27. The van der Waals surface area contributed by atoms with Crippen LogP contribution in [0.2, 0.25) is 0 Å². The van der Waals surface area contributed by atoms with Gasteiger partial charge in [0.15, 0.2) is 0 Å². The minimum atomic E-state index is 0.0884. The number of carbonyl (C=O) groups excluding carboxylic acids is 1. The van der Waals surface area contributed by atoms with E-state index >= 15 is 0 Å². The van der Waals surface area contributed by atoms with Crippen LogP contribution in [-0.2, 0) is 13.1 Å². The van der Waals surface area contributed by atoms with Gasteiger partial charge >= 0.3 is 6.03 Å². The van der Waals surface area contributed by atoms with Crippen LogP contribution in [0, 0.1) is 0 Å². The van der Waals surface area contributed by atoms with Crippen molar-refractivity contribution >= 4 is 17.1 Å². The standard InChI is InChI=1S/C16H21N5O/c1-2-20-14-6-4-3-5-13(14)18-15(20)11-19-9-12(10-19)21-8-7-17-16(21)22/h3-6,12H,2,7-11H2,1H3,(H,17,22). The predicted octanol–water partition coefficient (Wildman–Crippen LogP) is 1.27. The smallest absolute Gasteiger partial charge is 0.317 e. The van der Waals surface area contributed by atoms with Crippen molar-refractivity contribution in [1.29, 1.82) is 0 Å². The van der Waals surface area contributed by atoms with Crippen LogP contribution in [0.15, 0.2) is 24.3 Å². The first-order valence-corrected chi connectivity index (χ1v) is 7.97. The number of imidazole rings is 1. The molecule has 0 aliphatic carbocycles. The van der Waals surface area contributed by atoms with Gasteiger partial charge in [-0.05, 0) is 19.1 Å². The van der Waals surface area contributed by atoms with Crippen molar-refractivity contribution < 1.29 is 4.79 Å². The third-order valence-electron chi connectivity index (χ3n) is 4.68. The van der Waals surface area contributed by atoms with E-state index in [0.717, 1.165) is 50.6 Å². The summed E-state index contributed by atoms with van der Waals surface area (Å²) < 4.78 is 2.28. The molecule has 1 N–H and O–H groups in total. The van der Waals surface area contributed by atoms with Crippen molar-refractivity contribution in [3.63, 3.8) is 0 Å². The lowest BCUT2D eigenvalue weighted by molar-refractivity contribution is 0.0562. The van der Waals surface area contributed by atoms with Crippen LogP contribution in [0.3, 0.4) is 0 Å². The Bertz CT molecular complexity index is 704. The molecular weight excluding hydrogens is 278 g/mol. The fourth-order valence-electron chi connectivity index (χ4n) is 3.50. The van der Waals surface area contributed by atoms with Gasteiger partial charge in [0.2, 0.25) is 0 Å². The number of amides is 2. The van der Waals surface area contributed by atoms with Crippen molar-refractivity contribution in [3.05, 3.63) is 30.1 Å². The lowest BCUT2D eigenvalue weighted by Crippen LogP contribution is -2.59. The molecule has 2 aromatic rings. The van der Waals surface area contributed by atoms with E-state index in [1.807, 2.05) is 11.0 Å². The van der Waals surface area contributed by atoms with Gasteiger partial charge in [-0.25, -0.2) is 9.78 Å². The van der Waals surface area contributed by atoms with Crippen molar-refractivity contribution in [2.45, 2.75) is 26.1 Å². The van der Waals surface area contributed by atoms with Gasteiger partial charge in [-0.3, -0.25) is 4.90 Å². The second-order valence-electron chi connectivity index (χ2n) is 6.03. The predicted molar refractivity (Wildman–Crippen MR) is 84.6 cm³/mol. The third kappa shape index (κ3) is 2.14. The average molecular weight is 299 g/mol. The number of rotatable bonds is 4. The summed E-state index contributed by atoms with van der Waals surface area (Å²) in [6.45, 7) is 7.45. The summed E-state index contributed by atoms with van der Waals surface area (Å²) in [6.07, 6.45) is 0. The molecule has 0 saturated carbocycles. The summed E-state index contributed by atoms with van der Waals surface area (Å²) in [5.74, 6) is 1.12. The zero-order chi connectivity index (χ0) is 15.1. The topological polar surface area (TPSA) is 53.4 Å². The highest BCUT2D eigenvalue weighted by Gasteiger charge is 2.36. The van der Waals surface area contributed by atoms with Gasteiger partial charge < -0.3 is 14.8 Å². The summed E-state index contributed by atoms with van der Waals surface area (Å²) >= 11 is 0. The molecule has 2 amide bonds. The quantitative estimate of drug-likeness (QED) is 0.925. The Labute approximate surface area is 129 Å². The molecule has 1 aromatic carbocycles. The first-order valence-electron chi connectivity index (χ1n) is 7.97. The molecule has 2 saturated heterocycles. The molecule has 0 bridgehead atoms. The van der Waals surface area contributed by atoms with Crippen LogP contribution >= 0.6 is 0 Å². The number of aryl methyl sites for hydroxylation is 1. The second kappa shape index (κ2) is 5.28. The van der Waals surface area contributed by atoms with Crippen LogP contribution in [0.4, 0.5) is 4.79 Å². The molecule has 0 atom stereocenters. The monoisotopic (exact) mass is 299 g/mol. The highest BCUT2D eigenvalue weighted by Crippen LogP contribution is 2.22. The zero-order valence-electron chi connectivity index (χ0n) is 12.8. The van der Waals surface area contributed by atoms with Crippen LogP contribution in [0.5, 0.6) is 0 Å². The molecule has 2 aliphatic heterocycles. The van der Waals surface area contributed by atoms with Gasteiger partial charge in [0.05, 0.1) is 23.6 Å². The summed E-state index contributed by atoms with van der Waals surface area (Å²) in [7, 11) is 0. The molecule has 2 fully saturated rings. The van der Waals surface area contributed by atoms with Crippen LogP contribution in [0.1, 0.15) is 12.7 Å². The van der Waals surface area contributed by atoms with E-state index in [2.05, 4.69) is 39.9 Å². The normalized spacial score (nSPS) is 19.7. The van der Waals surface area contributed by atoms with Gasteiger partial charge in [0, 0.05) is 32.7 Å². The molecule has 6 nitrogen and oxygen atoms in total. The van der Waals surface area contributed by atoms with Gasteiger partial charge in [0.1, 0.15) is 5.82 Å². The highest BCUT2D eigenvalue weighted by atomic mass is 16.2. The molecule has 3 heterocycles. The first kappa shape index (κ1) is 13.6. The molecule has 116 valence electrons. The van der Waals surface area contributed by atoms with Crippen molar-refractivity contribution in [1.82, 2.24) is 24.7 Å². The van der Waals surface area contributed by atoms with Gasteiger partial charge in [-0.1, -0.05) is 12.1 Å². The number of nitrogens with zero attached hydrogens (tertiary/aromatic N) is 4. The van der Waals surface area contributed by atoms with Crippen molar-refractivity contribution in [2.24, 2.45) is 0 Å². The van der Waals surface area contributed by atoms with E-state index in [4.69, 9.17) is 4.98 Å². The molecule has 2 aliphatic rings. The fraction of sp³-hybridized carbons (Fsp3) is 0.500. The molecule has 0 unspecified atom stereocenters. The number of fused-ring (bicyclic) bond motifs is 1. The number of para-hydroxylation sites is 2. The maximum absolute atomic E-state index is 11.7. The SMILES string of the molecule is CCn1c(CN2CC(N3CCNC3=O)C2)nc2ccccc21. The Kier molecular flexibility index (Phi) is 3.26. The summed E-state index contributed by atoms with van der Waals surface area (Å²) in [4.78, 5) is 20.8. The number of hydrogen-bond donors (Lipinski definition) is 1. The second-order valence-corrected chi connectivity index (χ2v) is 6.03. The van der Waals surface area contributed by atoms with E-state index < -0.39 is 0 Å². The minimum absolute atomic E-state index is 0.0884. The fourth-order valence-corrected chi connectivity index (χ4v) is 3.50. The Balaban J connectivity index is 1.46. The molecule has 0 spiro atoms. The van der Waals surface area contributed by atoms with Crippen molar-refractivity contribution in [2.75, 3.05) is 26.2 Å². The Morgan fingerprint density at radius 3 is 2.86 bits per heavy atom. The van der Waals surface area contributed by atoms with Gasteiger partial charge in [-0.2, -0.15) is 0 Å². The zero-order valence-corrected chi connectivity index (χ0v) is 12.8. The molecule has 22 heavy (non-hydrogen) atoms. The lowest BCUT2D eigenvalue weighted by atomic mass is 10.1. The molecular formula is C16H21N5O. The van der Waals surface area contributed by atoms with Crippen LogP contribution in [-0.4, -0.2) is 57.6 Å². The number of nitrogens with one attached hydrogen (secondary N) is 1. The maximum Gasteiger partial charge on any atom is 0.317 e. The maximum atomic E-state index is 11.7. The van der Waals surface area contributed by atoms with E-state index in [0.29, 0.717) is 6.04 Å². The van der Waals surface area contributed by atoms with E-state index in [9.17, 15) is 4.79 Å². The Hall–Kier alpha value is -2.08.